The highest BCUT2D eigenvalue weighted by molar-refractivity contribution is 8.04. The first-order valence-corrected chi connectivity index (χ1v) is 11.9. The Hall–Kier alpha value is -1.86. The van der Waals surface area contributed by atoms with Crippen LogP contribution in [0.4, 0.5) is 5.69 Å². The molecule has 0 radical (unpaired) electrons. The van der Waals surface area contributed by atoms with E-state index in [1.54, 1.807) is 31.0 Å². The summed E-state index contributed by atoms with van der Waals surface area (Å²) in [6.45, 7) is 4.84. The lowest BCUT2D eigenvalue weighted by Crippen LogP contribution is -2.44. The number of rotatable bonds is 3. The maximum atomic E-state index is 12.0. The van der Waals surface area contributed by atoms with Gasteiger partial charge >= 0.3 is 0 Å². The van der Waals surface area contributed by atoms with Gasteiger partial charge in [-0.05, 0) is 43.5 Å². The van der Waals surface area contributed by atoms with Crippen LogP contribution in [0.15, 0.2) is 47.4 Å². The number of thioether (sulfide) groups is 1. The summed E-state index contributed by atoms with van der Waals surface area (Å²) in [7, 11) is 3.82. The molecule has 2 fully saturated rings. The third-order valence-electron chi connectivity index (χ3n) is 5.06. The van der Waals surface area contributed by atoms with Gasteiger partial charge in [-0.3, -0.25) is 4.79 Å². The molecule has 1 N–H and O–H groups in total. The number of ether oxygens (including phenoxy) is 1. The van der Waals surface area contributed by atoms with Gasteiger partial charge in [-0.2, -0.15) is 0 Å². The quantitative estimate of drug-likeness (QED) is 0.649. The van der Waals surface area contributed by atoms with Crippen LogP contribution in [-0.2, 0) is 4.79 Å². The van der Waals surface area contributed by atoms with E-state index >= 15 is 0 Å². The van der Waals surface area contributed by atoms with Gasteiger partial charge in [-0.1, -0.05) is 35.3 Å². The van der Waals surface area contributed by atoms with Crippen molar-refractivity contribution in [3.05, 3.63) is 63.0 Å². The molecule has 2 aromatic rings. The average molecular weight is 480 g/mol. The lowest BCUT2D eigenvalue weighted by Gasteiger charge is -2.35. The van der Waals surface area contributed by atoms with E-state index in [-0.39, 0.29) is 5.91 Å². The molecule has 2 aliphatic heterocycles. The Balaban J connectivity index is 0.000000287. The first kappa shape index (κ1) is 23.8. The fourth-order valence-electron chi connectivity index (χ4n) is 3.28. The number of amides is 1. The normalized spacial score (nSPS) is 18.3. The van der Waals surface area contributed by atoms with E-state index in [1.165, 1.54) is 5.69 Å². The van der Waals surface area contributed by atoms with E-state index in [0.29, 0.717) is 10.0 Å². The Labute approximate surface area is 198 Å². The van der Waals surface area contributed by atoms with Gasteiger partial charge in [0, 0.05) is 49.7 Å². The van der Waals surface area contributed by atoms with E-state index in [2.05, 4.69) is 28.2 Å². The number of benzene rings is 2. The lowest BCUT2D eigenvalue weighted by molar-refractivity contribution is -0.116. The smallest absolute Gasteiger partial charge is 0.257 e. The van der Waals surface area contributed by atoms with Crippen LogP contribution in [0.3, 0.4) is 0 Å². The van der Waals surface area contributed by atoms with Crippen molar-refractivity contribution in [1.29, 1.82) is 0 Å². The molecule has 0 unspecified atom stereocenters. The van der Waals surface area contributed by atoms with Crippen molar-refractivity contribution in [1.82, 2.24) is 10.2 Å². The third-order valence-corrected chi connectivity index (χ3v) is 6.84. The Kier molecular flexibility index (Phi) is 8.96. The molecule has 0 bridgehead atoms. The number of hydrogen-bond donors (Lipinski definition) is 1. The molecule has 0 atom stereocenters. The number of carbonyl (C=O) groups excluding carboxylic acids is 1. The molecule has 4 rings (SSSR count). The summed E-state index contributed by atoms with van der Waals surface area (Å²) in [5, 5.41) is 4.12. The van der Waals surface area contributed by atoms with E-state index < -0.39 is 0 Å². The molecule has 0 spiro atoms. The molecule has 2 aliphatic rings. The Morgan fingerprint density at radius 3 is 2.32 bits per heavy atom. The number of piperazine rings is 1. The first-order chi connectivity index (χ1) is 15.0. The second-order valence-electron chi connectivity index (χ2n) is 7.24. The number of hydrogen-bond acceptors (Lipinski definition) is 5. The predicted molar refractivity (Wildman–Crippen MR) is 133 cm³/mol. The molecule has 166 valence electrons. The van der Waals surface area contributed by atoms with Gasteiger partial charge in [0.15, 0.2) is 0 Å². The van der Waals surface area contributed by atoms with Crippen LogP contribution in [0.5, 0.6) is 5.75 Å². The highest BCUT2D eigenvalue weighted by Crippen LogP contribution is 2.31. The number of likely N-dealkylation sites (N-methyl/N-ethyl adjacent to an activating group) is 1. The van der Waals surface area contributed by atoms with Crippen LogP contribution in [0.2, 0.25) is 10.0 Å². The van der Waals surface area contributed by atoms with E-state index in [9.17, 15) is 4.79 Å². The van der Waals surface area contributed by atoms with Gasteiger partial charge in [-0.15, -0.1) is 11.8 Å². The number of halogens is 2. The second kappa shape index (κ2) is 11.7. The molecule has 8 heteroatoms. The maximum Gasteiger partial charge on any atom is 0.257 e. The summed E-state index contributed by atoms with van der Waals surface area (Å²) in [6.07, 6.45) is 2.00. The zero-order chi connectivity index (χ0) is 22.2. The predicted octanol–water partition coefficient (Wildman–Crippen LogP) is 4.64. The molecule has 1 amide bonds. The summed E-state index contributed by atoms with van der Waals surface area (Å²) in [4.78, 5) is 17.5. The van der Waals surface area contributed by atoms with E-state index in [0.717, 1.165) is 54.7 Å². The Bertz CT molecular complexity index is 910. The summed E-state index contributed by atoms with van der Waals surface area (Å²) < 4.78 is 5.37. The number of nitrogens with zero attached hydrogens (tertiary/aromatic N) is 2. The van der Waals surface area contributed by atoms with Crippen LogP contribution in [0, 0.1) is 0 Å². The first-order valence-electron chi connectivity index (χ1n) is 10.1. The average Bonchev–Trinajstić information content (AvgIpc) is 2.78. The zero-order valence-electron chi connectivity index (χ0n) is 17.7. The minimum Gasteiger partial charge on any atom is -0.497 e. The molecule has 0 saturated carbocycles. The number of methoxy groups -OCH3 is 1. The molecular weight excluding hydrogens is 453 g/mol. The highest BCUT2D eigenvalue weighted by atomic mass is 35.5. The maximum absolute atomic E-state index is 12.0. The molecular formula is C23H27Cl2N3O2S. The van der Waals surface area contributed by atoms with Gasteiger partial charge in [0.1, 0.15) is 5.75 Å². The third kappa shape index (κ3) is 6.81. The largest absolute Gasteiger partial charge is 0.497 e. The standard InChI is InChI=1S/C17H23N3O2S.C6H4Cl2/c1-19-6-8-20(9-7-19)15-4-3-14(22-2)11-13(15)12-16-17(21)18-5-10-23-16;7-5-3-1-2-4-6(5)8/h3-4,11-12H,5-10H2,1-2H3,(H,18,21);1-4H/b16-12-;. The molecule has 0 aliphatic carbocycles. The molecule has 2 heterocycles. The summed E-state index contributed by atoms with van der Waals surface area (Å²) in [6, 6.07) is 13.3. The molecule has 5 nitrogen and oxygen atoms in total. The van der Waals surface area contributed by atoms with Gasteiger partial charge in [0.2, 0.25) is 0 Å². The van der Waals surface area contributed by atoms with Gasteiger partial charge in [0.25, 0.3) is 5.91 Å². The van der Waals surface area contributed by atoms with Crippen LogP contribution in [-0.4, -0.2) is 63.4 Å². The SMILES string of the molecule is COc1ccc(N2CCN(C)CC2)c(/C=C2\SCCNC2=O)c1.Clc1ccccc1Cl. The van der Waals surface area contributed by atoms with Crippen molar-refractivity contribution in [3.63, 3.8) is 0 Å². The molecule has 2 saturated heterocycles. The van der Waals surface area contributed by atoms with Crippen LogP contribution >= 0.6 is 35.0 Å². The number of nitrogens with one attached hydrogen (secondary N) is 1. The van der Waals surface area contributed by atoms with Crippen LogP contribution < -0.4 is 15.0 Å². The van der Waals surface area contributed by atoms with E-state index in [4.69, 9.17) is 27.9 Å². The fourth-order valence-corrected chi connectivity index (χ4v) is 4.39. The van der Waals surface area contributed by atoms with Crippen LogP contribution in [0.1, 0.15) is 5.56 Å². The van der Waals surface area contributed by atoms with Crippen molar-refractivity contribution in [2.24, 2.45) is 0 Å². The number of carbonyl (C=O) groups is 1. The summed E-state index contributed by atoms with van der Waals surface area (Å²) >= 11 is 12.8. The summed E-state index contributed by atoms with van der Waals surface area (Å²) in [5.41, 5.74) is 2.22. The fraction of sp³-hybridized carbons (Fsp3) is 0.348. The van der Waals surface area contributed by atoms with Gasteiger partial charge < -0.3 is 19.9 Å². The molecule has 0 aromatic heterocycles. The minimum atomic E-state index is 0.0217. The Morgan fingerprint density at radius 2 is 1.74 bits per heavy atom. The van der Waals surface area contributed by atoms with E-state index in [1.807, 2.05) is 30.3 Å². The van der Waals surface area contributed by atoms with Crippen molar-refractivity contribution in [2.45, 2.75) is 0 Å². The van der Waals surface area contributed by atoms with Crippen LogP contribution in [0.25, 0.3) is 6.08 Å². The number of anilines is 1. The lowest BCUT2D eigenvalue weighted by atomic mass is 10.1. The highest BCUT2D eigenvalue weighted by Gasteiger charge is 2.19. The molecule has 31 heavy (non-hydrogen) atoms. The minimum absolute atomic E-state index is 0.0217. The van der Waals surface area contributed by atoms with Crippen molar-refractivity contribution in [3.8, 4) is 5.75 Å². The second-order valence-corrected chi connectivity index (χ2v) is 9.19. The monoisotopic (exact) mass is 479 g/mol. The zero-order valence-corrected chi connectivity index (χ0v) is 20.1. The Morgan fingerprint density at radius 1 is 1.06 bits per heavy atom. The van der Waals surface area contributed by atoms with Crippen molar-refractivity contribution >= 4 is 52.6 Å². The molecule has 2 aromatic carbocycles. The van der Waals surface area contributed by atoms with Gasteiger partial charge in [0.05, 0.1) is 22.1 Å². The van der Waals surface area contributed by atoms with Crippen molar-refractivity contribution in [2.75, 3.05) is 57.5 Å². The summed E-state index contributed by atoms with van der Waals surface area (Å²) in [5.74, 6) is 1.76. The van der Waals surface area contributed by atoms with Gasteiger partial charge in [-0.25, -0.2) is 0 Å². The topological polar surface area (TPSA) is 44.8 Å². The van der Waals surface area contributed by atoms with Crippen molar-refractivity contribution < 1.29 is 9.53 Å².